The van der Waals surface area contributed by atoms with Gasteiger partial charge in [-0.15, -0.1) is 0 Å². The number of hydrogen-bond acceptors (Lipinski definition) is 5. The lowest BCUT2D eigenvalue weighted by atomic mass is 9.96. The molecule has 1 aromatic carbocycles. The third kappa shape index (κ3) is 4.77. The normalized spacial score (nSPS) is 15.5. The lowest BCUT2D eigenvalue weighted by Gasteiger charge is -2.31. The number of aryl methyl sites for hydroxylation is 2. The van der Waals surface area contributed by atoms with E-state index in [1.807, 2.05) is 44.2 Å². The number of furan rings is 1. The molecular weight excluding hydrogens is 366 g/mol. The number of carbonyl (C=O) groups excluding carboxylic acids is 1. The standard InChI is InChI=1S/C23H27N3O3/c1-16-12-20(17(2)28-16)15-26-10-8-18(9-11-26)14-24-23(27)21-13-22(29-25-21)19-6-4-3-5-7-19/h3-7,12-13,18H,8-11,14-15H2,1-2H3,(H,24,27). The molecule has 152 valence electrons. The van der Waals surface area contributed by atoms with Crippen molar-refractivity contribution in [3.8, 4) is 11.3 Å². The highest BCUT2D eigenvalue weighted by Crippen LogP contribution is 2.22. The van der Waals surface area contributed by atoms with Crippen molar-refractivity contribution < 1.29 is 13.7 Å². The average molecular weight is 393 g/mol. The van der Waals surface area contributed by atoms with Gasteiger partial charge >= 0.3 is 0 Å². The minimum absolute atomic E-state index is 0.178. The summed E-state index contributed by atoms with van der Waals surface area (Å²) in [7, 11) is 0. The molecule has 0 unspecified atom stereocenters. The molecule has 4 rings (SSSR count). The van der Waals surface area contributed by atoms with Gasteiger partial charge in [-0.05, 0) is 51.8 Å². The Morgan fingerprint density at radius 2 is 1.93 bits per heavy atom. The molecule has 3 heterocycles. The van der Waals surface area contributed by atoms with Crippen molar-refractivity contribution in [1.29, 1.82) is 0 Å². The van der Waals surface area contributed by atoms with Gasteiger partial charge in [0.15, 0.2) is 11.5 Å². The molecule has 1 aliphatic heterocycles. The second kappa shape index (κ2) is 8.66. The second-order valence-electron chi connectivity index (χ2n) is 7.81. The van der Waals surface area contributed by atoms with E-state index in [0.29, 0.717) is 23.9 Å². The van der Waals surface area contributed by atoms with Crippen molar-refractivity contribution in [2.45, 2.75) is 33.2 Å². The first-order chi connectivity index (χ1) is 14.1. The fraction of sp³-hybridized carbons (Fsp3) is 0.391. The van der Waals surface area contributed by atoms with Crippen molar-refractivity contribution in [2.75, 3.05) is 19.6 Å². The number of piperidine rings is 1. The number of aromatic nitrogens is 1. The molecule has 6 heteroatoms. The lowest BCUT2D eigenvalue weighted by Crippen LogP contribution is -2.38. The average Bonchev–Trinajstić information content (AvgIpc) is 3.35. The molecule has 0 bridgehead atoms. The van der Waals surface area contributed by atoms with Crippen molar-refractivity contribution in [3.05, 3.63) is 65.2 Å². The van der Waals surface area contributed by atoms with Gasteiger partial charge in [0.2, 0.25) is 0 Å². The highest BCUT2D eigenvalue weighted by atomic mass is 16.5. The Labute approximate surface area is 170 Å². The van der Waals surface area contributed by atoms with Gasteiger partial charge in [-0.3, -0.25) is 9.69 Å². The topological polar surface area (TPSA) is 71.5 Å². The Bertz CT molecular complexity index is 953. The largest absolute Gasteiger partial charge is 0.466 e. The molecule has 1 aliphatic rings. The molecule has 6 nitrogen and oxygen atoms in total. The van der Waals surface area contributed by atoms with Crippen LogP contribution in [0.3, 0.4) is 0 Å². The summed E-state index contributed by atoms with van der Waals surface area (Å²) in [5.41, 5.74) is 2.51. The molecular formula is C23H27N3O3. The van der Waals surface area contributed by atoms with E-state index in [1.165, 1.54) is 5.56 Å². The summed E-state index contributed by atoms with van der Waals surface area (Å²) < 4.78 is 10.9. The Morgan fingerprint density at radius 3 is 2.62 bits per heavy atom. The van der Waals surface area contributed by atoms with E-state index in [2.05, 4.69) is 21.4 Å². The molecule has 1 amide bonds. The van der Waals surface area contributed by atoms with Crippen LogP contribution in [0.1, 0.15) is 40.4 Å². The molecule has 3 aromatic rings. The Kier molecular flexibility index (Phi) is 5.81. The number of benzene rings is 1. The van der Waals surface area contributed by atoms with Gasteiger partial charge in [-0.2, -0.15) is 0 Å². The van der Waals surface area contributed by atoms with Gasteiger partial charge in [0.05, 0.1) is 0 Å². The van der Waals surface area contributed by atoms with Gasteiger partial charge in [0.1, 0.15) is 11.5 Å². The third-order valence-corrected chi connectivity index (χ3v) is 5.60. The minimum Gasteiger partial charge on any atom is -0.466 e. The van der Waals surface area contributed by atoms with Crippen LogP contribution in [0, 0.1) is 19.8 Å². The number of amides is 1. The third-order valence-electron chi connectivity index (χ3n) is 5.60. The van der Waals surface area contributed by atoms with E-state index in [1.54, 1.807) is 6.07 Å². The summed E-state index contributed by atoms with van der Waals surface area (Å²) >= 11 is 0. The number of rotatable bonds is 6. The molecule has 2 aromatic heterocycles. The summed E-state index contributed by atoms with van der Waals surface area (Å²) in [5.74, 6) is 2.90. The molecule has 0 radical (unpaired) electrons. The van der Waals surface area contributed by atoms with E-state index in [-0.39, 0.29) is 5.91 Å². The smallest absolute Gasteiger partial charge is 0.273 e. The zero-order valence-electron chi connectivity index (χ0n) is 17.0. The predicted octanol–water partition coefficient (Wildman–Crippen LogP) is 4.19. The van der Waals surface area contributed by atoms with Crippen LogP contribution in [0.4, 0.5) is 0 Å². The summed E-state index contributed by atoms with van der Waals surface area (Å²) in [6.07, 6.45) is 2.15. The predicted molar refractivity (Wildman–Crippen MR) is 110 cm³/mol. The van der Waals surface area contributed by atoms with Crippen LogP contribution in [-0.4, -0.2) is 35.6 Å². The Morgan fingerprint density at radius 1 is 1.17 bits per heavy atom. The maximum atomic E-state index is 12.4. The first-order valence-electron chi connectivity index (χ1n) is 10.2. The van der Waals surface area contributed by atoms with E-state index in [4.69, 9.17) is 8.94 Å². The molecule has 29 heavy (non-hydrogen) atoms. The molecule has 0 saturated carbocycles. The zero-order chi connectivity index (χ0) is 20.2. The summed E-state index contributed by atoms with van der Waals surface area (Å²) in [5, 5.41) is 6.94. The van der Waals surface area contributed by atoms with Crippen LogP contribution in [0.25, 0.3) is 11.3 Å². The first-order valence-corrected chi connectivity index (χ1v) is 10.2. The number of nitrogens with one attached hydrogen (secondary N) is 1. The van der Waals surface area contributed by atoms with Gasteiger partial charge < -0.3 is 14.3 Å². The van der Waals surface area contributed by atoms with Gasteiger partial charge in [0, 0.05) is 30.3 Å². The van der Waals surface area contributed by atoms with Crippen LogP contribution < -0.4 is 5.32 Å². The molecule has 1 saturated heterocycles. The van der Waals surface area contributed by atoms with Crippen molar-refractivity contribution in [3.63, 3.8) is 0 Å². The monoisotopic (exact) mass is 393 g/mol. The Hall–Kier alpha value is -2.86. The highest BCUT2D eigenvalue weighted by molar-refractivity contribution is 5.93. The molecule has 0 spiro atoms. The van der Waals surface area contributed by atoms with E-state index in [9.17, 15) is 4.79 Å². The van der Waals surface area contributed by atoms with Crippen LogP contribution in [0.5, 0.6) is 0 Å². The SMILES string of the molecule is Cc1cc(CN2CCC(CNC(=O)c3cc(-c4ccccc4)on3)CC2)c(C)o1. The van der Waals surface area contributed by atoms with E-state index < -0.39 is 0 Å². The lowest BCUT2D eigenvalue weighted by molar-refractivity contribution is 0.0926. The summed E-state index contributed by atoms with van der Waals surface area (Å²) in [4.78, 5) is 14.9. The van der Waals surface area contributed by atoms with Gasteiger partial charge in [-0.25, -0.2) is 0 Å². The molecule has 1 N–H and O–H groups in total. The fourth-order valence-corrected chi connectivity index (χ4v) is 3.88. The van der Waals surface area contributed by atoms with Crippen molar-refractivity contribution >= 4 is 5.91 Å². The first kappa shape index (κ1) is 19.5. The van der Waals surface area contributed by atoms with Gasteiger partial charge in [0.25, 0.3) is 5.91 Å². The fourth-order valence-electron chi connectivity index (χ4n) is 3.88. The summed E-state index contributed by atoms with van der Waals surface area (Å²) in [6.45, 7) is 7.69. The number of likely N-dealkylation sites (tertiary alicyclic amines) is 1. The van der Waals surface area contributed by atoms with E-state index >= 15 is 0 Å². The second-order valence-corrected chi connectivity index (χ2v) is 7.81. The summed E-state index contributed by atoms with van der Waals surface area (Å²) in [6, 6.07) is 13.5. The maximum Gasteiger partial charge on any atom is 0.273 e. The Balaban J connectivity index is 1.24. The van der Waals surface area contributed by atoms with E-state index in [0.717, 1.165) is 49.6 Å². The molecule has 0 atom stereocenters. The number of hydrogen-bond donors (Lipinski definition) is 1. The van der Waals surface area contributed by atoms with Crippen molar-refractivity contribution in [2.24, 2.45) is 5.92 Å². The number of nitrogens with zero attached hydrogens (tertiary/aromatic N) is 2. The van der Waals surface area contributed by atoms with Crippen LogP contribution in [-0.2, 0) is 6.54 Å². The maximum absolute atomic E-state index is 12.4. The number of carbonyl (C=O) groups is 1. The zero-order valence-corrected chi connectivity index (χ0v) is 17.0. The highest BCUT2D eigenvalue weighted by Gasteiger charge is 2.22. The molecule has 0 aliphatic carbocycles. The minimum atomic E-state index is -0.178. The molecule has 1 fully saturated rings. The van der Waals surface area contributed by atoms with Crippen molar-refractivity contribution in [1.82, 2.24) is 15.4 Å². The van der Waals surface area contributed by atoms with Gasteiger partial charge in [-0.1, -0.05) is 35.5 Å². The van der Waals surface area contributed by atoms with Crippen LogP contribution in [0.2, 0.25) is 0 Å². The van der Waals surface area contributed by atoms with Crippen LogP contribution >= 0.6 is 0 Å². The quantitative estimate of drug-likeness (QED) is 0.680. The van der Waals surface area contributed by atoms with Crippen LogP contribution in [0.15, 0.2) is 51.4 Å².